The van der Waals surface area contributed by atoms with Gasteiger partial charge in [-0.25, -0.2) is 5.26 Å². The lowest BCUT2D eigenvalue weighted by Crippen LogP contribution is -2.32. The third-order valence-electron chi connectivity index (χ3n) is 8.07. The molecule has 244 valence electrons. The van der Waals surface area contributed by atoms with Gasteiger partial charge in [-0.3, -0.25) is 9.45 Å². The highest BCUT2D eigenvalue weighted by Crippen LogP contribution is 2.37. The Hall–Kier alpha value is -4.00. The molecule has 0 aromatic heterocycles. The zero-order valence-electron chi connectivity index (χ0n) is 26.3. The largest absolute Gasteiger partial charge is 0.367 e. The smallest absolute Gasteiger partial charge is 0.295 e. The summed E-state index contributed by atoms with van der Waals surface area (Å²) in [4.78, 5) is 4.63. The van der Waals surface area contributed by atoms with Gasteiger partial charge in [0.1, 0.15) is 4.90 Å². The second-order valence-electron chi connectivity index (χ2n) is 11.0. The molecule has 1 aliphatic carbocycles. The summed E-state index contributed by atoms with van der Waals surface area (Å²) < 4.78 is 40.4. The number of allylic oxidation sites excluding steroid dienone is 3. The van der Waals surface area contributed by atoms with E-state index in [0.717, 1.165) is 43.0 Å². The van der Waals surface area contributed by atoms with E-state index in [1.165, 1.54) is 17.2 Å². The molecule has 0 spiro atoms. The van der Waals surface area contributed by atoms with Gasteiger partial charge in [0.05, 0.1) is 12.0 Å². The van der Waals surface area contributed by atoms with Crippen molar-refractivity contribution < 1.29 is 27.6 Å². The Morgan fingerprint density at radius 2 is 1.43 bits per heavy atom. The Morgan fingerprint density at radius 1 is 0.809 bits per heavy atom. The SMILES string of the molecule is CCN(Cc1ccccc1)c1ccc(C(=C2C=CC(N(CC)Cc3ccccc3)C=C2)c2ccc(SOOO)cc2S(=O)(=O)O)cc1. The lowest BCUT2D eigenvalue weighted by molar-refractivity contribution is -0.432. The lowest BCUT2D eigenvalue weighted by Gasteiger charge is -2.28. The summed E-state index contributed by atoms with van der Waals surface area (Å²) in [5.74, 6) is 0. The van der Waals surface area contributed by atoms with E-state index in [4.69, 9.17) is 5.26 Å². The number of likely N-dealkylation sites (N-methyl/N-ethyl adjacent to an activating group) is 1. The number of hydrogen-bond donors (Lipinski definition) is 2. The van der Waals surface area contributed by atoms with Crippen LogP contribution in [0.15, 0.2) is 143 Å². The summed E-state index contributed by atoms with van der Waals surface area (Å²) >= 11 is 0.615. The maximum atomic E-state index is 12.8. The van der Waals surface area contributed by atoms with Crippen molar-refractivity contribution in [3.63, 3.8) is 0 Å². The van der Waals surface area contributed by atoms with Crippen molar-refractivity contribution in [1.82, 2.24) is 4.90 Å². The van der Waals surface area contributed by atoms with Crippen LogP contribution in [0.3, 0.4) is 0 Å². The normalized spacial score (nSPS) is 14.5. The van der Waals surface area contributed by atoms with Crippen LogP contribution in [0.25, 0.3) is 5.57 Å². The van der Waals surface area contributed by atoms with E-state index in [1.807, 2.05) is 72.8 Å². The molecule has 47 heavy (non-hydrogen) atoms. The third-order valence-corrected chi connectivity index (χ3v) is 9.54. The van der Waals surface area contributed by atoms with E-state index in [-0.39, 0.29) is 10.9 Å². The van der Waals surface area contributed by atoms with Crippen LogP contribution in [0, 0.1) is 0 Å². The van der Waals surface area contributed by atoms with Crippen molar-refractivity contribution >= 4 is 33.4 Å². The summed E-state index contributed by atoms with van der Waals surface area (Å²) in [5.41, 5.74) is 5.99. The molecule has 0 radical (unpaired) electrons. The predicted molar refractivity (Wildman–Crippen MR) is 187 cm³/mol. The molecule has 2 N–H and O–H groups in total. The second-order valence-corrected chi connectivity index (χ2v) is 13.2. The maximum absolute atomic E-state index is 12.8. The Kier molecular flexibility index (Phi) is 11.8. The molecular formula is C37H38N2O6S2. The minimum absolute atomic E-state index is 0.0409. The van der Waals surface area contributed by atoms with Gasteiger partial charge in [0.2, 0.25) is 0 Å². The highest BCUT2D eigenvalue weighted by atomic mass is 32.2. The molecule has 1 aliphatic rings. The zero-order valence-corrected chi connectivity index (χ0v) is 27.9. The minimum Gasteiger partial charge on any atom is -0.367 e. The van der Waals surface area contributed by atoms with Gasteiger partial charge < -0.3 is 4.90 Å². The van der Waals surface area contributed by atoms with E-state index in [1.54, 1.807) is 12.1 Å². The first-order chi connectivity index (χ1) is 22.8. The summed E-state index contributed by atoms with van der Waals surface area (Å²) in [6.45, 7) is 7.41. The molecule has 8 nitrogen and oxygen atoms in total. The highest BCUT2D eigenvalue weighted by molar-refractivity contribution is 7.94. The van der Waals surface area contributed by atoms with Crippen LogP contribution in [0.1, 0.15) is 36.1 Å². The summed E-state index contributed by atoms with van der Waals surface area (Å²) in [5, 5.41) is 12.3. The molecule has 0 heterocycles. The van der Waals surface area contributed by atoms with E-state index < -0.39 is 10.1 Å². The highest BCUT2D eigenvalue weighted by Gasteiger charge is 2.24. The van der Waals surface area contributed by atoms with Crippen LogP contribution in [-0.2, 0) is 32.6 Å². The number of hydrogen-bond acceptors (Lipinski definition) is 8. The van der Waals surface area contributed by atoms with Gasteiger partial charge in [0, 0.05) is 41.8 Å². The van der Waals surface area contributed by atoms with Crippen LogP contribution in [-0.4, -0.2) is 42.3 Å². The monoisotopic (exact) mass is 670 g/mol. The van der Waals surface area contributed by atoms with Crippen LogP contribution in [0.4, 0.5) is 5.69 Å². The molecule has 5 rings (SSSR count). The van der Waals surface area contributed by atoms with Crippen LogP contribution < -0.4 is 4.90 Å². The molecule has 0 amide bonds. The Balaban J connectivity index is 1.55. The fraction of sp³-hybridized carbons (Fsp3) is 0.189. The zero-order chi connectivity index (χ0) is 33.2. The molecule has 4 aromatic rings. The van der Waals surface area contributed by atoms with E-state index in [2.05, 4.69) is 69.4 Å². The van der Waals surface area contributed by atoms with Gasteiger partial charge in [-0.05, 0) is 65.6 Å². The Morgan fingerprint density at radius 3 is 1.98 bits per heavy atom. The summed E-state index contributed by atoms with van der Waals surface area (Å²) in [6, 6.07) is 33.2. The first-order valence-electron chi connectivity index (χ1n) is 15.3. The van der Waals surface area contributed by atoms with Gasteiger partial charge in [0.25, 0.3) is 10.1 Å². The molecule has 0 saturated carbocycles. The van der Waals surface area contributed by atoms with Crippen LogP contribution in [0.2, 0.25) is 0 Å². The second kappa shape index (κ2) is 16.2. The molecule has 0 bridgehead atoms. The van der Waals surface area contributed by atoms with E-state index in [0.29, 0.717) is 28.1 Å². The predicted octanol–water partition coefficient (Wildman–Crippen LogP) is 8.21. The van der Waals surface area contributed by atoms with Crippen molar-refractivity contribution in [1.29, 1.82) is 0 Å². The quantitative estimate of drug-likeness (QED) is 0.0595. The molecule has 0 fully saturated rings. The average molecular weight is 671 g/mol. The minimum atomic E-state index is -4.67. The van der Waals surface area contributed by atoms with Crippen molar-refractivity contribution in [2.45, 2.75) is 42.8 Å². The van der Waals surface area contributed by atoms with Gasteiger partial charge in [-0.1, -0.05) is 115 Å². The van der Waals surface area contributed by atoms with Gasteiger partial charge in [-0.15, -0.1) is 4.33 Å². The molecule has 4 aromatic carbocycles. The molecule has 0 saturated heterocycles. The van der Waals surface area contributed by atoms with Crippen LogP contribution >= 0.6 is 12.0 Å². The van der Waals surface area contributed by atoms with Crippen LogP contribution in [0.5, 0.6) is 0 Å². The molecule has 10 heteroatoms. The van der Waals surface area contributed by atoms with Gasteiger partial charge in [-0.2, -0.15) is 8.42 Å². The molecule has 0 atom stereocenters. The molecule has 0 aliphatic heterocycles. The van der Waals surface area contributed by atoms with E-state index in [9.17, 15) is 13.0 Å². The fourth-order valence-electron chi connectivity index (χ4n) is 5.72. The third kappa shape index (κ3) is 8.88. The van der Waals surface area contributed by atoms with E-state index >= 15 is 0 Å². The fourth-order valence-corrected chi connectivity index (χ4v) is 6.91. The van der Waals surface area contributed by atoms with Gasteiger partial charge in [0.15, 0.2) is 0 Å². The first-order valence-corrected chi connectivity index (χ1v) is 17.5. The summed E-state index contributed by atoms with van der Waals surface area (Å²) in [6.07, 6.45) is 8.24. The molecular weight excluding hydrogens is 633 g/mol. The van der Waals surface area contributed by atoms with Crippen molar-refractivity contribution in [3.05, 3.63) is 155 Å². The topological polar surface area (TPSA) is 99.5 Å². The number of nitrogens with zero attached hydrogens (tertiary/aromatic N) is 2. The average Bonchev–Trinajstić information content (AvgIpc) is 3.10. The first kappa shape index (κ1) is 34.3. The van der Waals surface area contributed by atoms with Gasteiger partial charge >= 0.3 is 0 Å². The number of benzene rings is 4. The van der Waals surface area contributed by atoms with Crippen molar-refractivity contribution in [2.75, 3.05) is 18.0 Å². The lowest BCUT2D eigenvalue weighted by atomic mass is 9.90. The summed E-state index contributed by atoms with van der Waals surface area (Å²) in [7, 11) is -4.67. The Bertz CT molecular complexity index is 1810. The van der Waals surface area contributed by atoms with Crippen molar-refractivity contribution in [2.24, 2.45) is 0 Å². The standard InChI is InChI=1S/C37H38N2O6S2/c1-3-38(26-28-11-7-5-8-12-28)32-19-15-30(16-20-32)37(35-24-23-34(46-45-44-40)25-36(35)47(41,42)43)31-17-21-33(22-18-31)39(4-2)27-29-13-9-6-10-14-29/h5-25,32,40H,3-4,26-27H2,1-2H3,(H,41,42,43). The Labute approximate surface area is 281 Å². The van der Waals surface area contributed by atoms with Crippen molar-refractivity contribution in [3.8, 4) is 0 Å². The number of rotatable bonds is 14. The number of anilines is 1. The molecule has 0 unspecified atom stereocenters. The maximum Gasteiger partial charge on any atom is 0.295 e.